The quantitative estimate of drug-likeness (QED) is 0.671. The third-order valence-corrected chi connectivity index (χ3v) is 3.62. The van der Waals surface area contributed by atoms with Crippen molar-refractivity contribution < 1.29 is 9.59 Å². The number of carbonyl (C=O) groups is 2. The minimum absolute atomic E-state index is 0.113. The Kier molecular flexibility index (Phi) is 4.66. The number of carbonyl (C=O) groups excluding carboxylic acids is 2. The van der Waals surface area contributed by atoms with Crippen LogP contribution in [0, 0.1) is 0 Å². The number of amides is 3. The number of hydrogen-bond acceptors (Lipinski definition) is 2. The Hall–Kier alpha value is -1.26. The van der Waals surface area contributed by atoms with Crippen molar-refractivity contribution in [2.45, 2.75) is 19.3 Å². The normalized spacial score (nSPS) is 14.9. The Morgan fingerprint density at radius 1 is 1.21 bits per heavy atom. The summed E-state index contributed by atoms with van der Waals surface area (Å²) in [4.78, 5) is 23.9. The molecule has 2 rings (SSSR count). The van der Waals surface area contributed by atoms with Gasteiger partial charge in [-0.1, -0.05) is 29.3 Å². The van der Waals surface area contributed by atoms with Gasteiger partial charge in [0.2, 0.25) is 5.91 Å². The average molecular weight is 301 g/mol. The van der Waals surface area contributed by atoms with Crippen LogP contribution in [0.4, 0.5) is 4.79 Å². The van der Waals surface area contributed by atoms with E-state index in [1.807, 2.05) is 6.07 Å². The maximum Gasteiger partial charge on any atom is 0.324 e. The van der Waals surface area contributed by atoms with Crippen LogP contribution in [0.3, 0.4) is 0 Å². The van der Waals surface area contributed by atoms with Crippen LogP contribution in [-0.4, -0.2) is 29.9 Å². The highest BCUT2D eigenvalue weighted by molar-refractivity contribution is 6.35. The van der Waals surface area contributed by atoms with Crippen LogP contribution in [0.2, 0.25) is 10.0 Å². The zero-order chi connectivity index (χ0) is 13.8. The monoisotopic (exact) mass is 300 g/mol. The highest BCUT2D eigenvalue weighted by atomic mass is 35.5. The number of nitrogens with one attached hydrogen (secondary N) is 1. The molecule has 3 amide bonds. The minimum atomic E-state index is -0.297. The molecule has 1 aliphatic rings. The number of nitrogens with zero attached hydrogens (tertiary/aromatic N) is 1. The molecule has 1 aromatic carbocycles. The summed E-state index contributed by atoms with van der Waals surface area (Å²) < 4.78 is 0. The van der Waals surface area contributed by atoms with Gasteiger partial charge in [-0.2, -0.15) is 0 Å². The molecule has 1 fully saturated rings. The Bertz CT molecular complexity index is 489. The van der Waals surface area contributed by atoms with Crippen LogP contribution >= 0.6 is 23.2 Å². The Balaban J connectivity index is 1.78. The van der Waals surface area contributed by atoms with Gasteiger partial charge in [0.25, 0.3) is 0 Å². The number of rotatable bonds is 5. The third kappa shape index (κ3) is 3.61. The topological polar surface area (TPSA) is 49.4 Å². The van der Waals surface area contributed by atoms with Crippen molar-refractivity contribution in [3.63, 3.8) is 0 Å². The molecule has 102 valence electrons. The van der Waals surface area contributed by atoms with Gasteiger partial charge in [-0.3, -0.25) is 9.69 Å². The predicted octanol–water partition coefficient (Wildman–Crippen LogP) is 2.87. The molecule has 19 heavy (non-hydrogen) atoms. The van der Waals surface area contributed by atoms with Crippen molar-refractivity contribution in [1.82, 2.24) is 10.2 Å². The van der Waals surface area contributed by atoms with Crippen molar-refractivity contribution in [2.24, 2.45) is 0 Å². The largest absolute Gasteiger partial charge is 0.329 e. The van der Waals surface area contributed by atoms with Gasteiger partial charge in [-0.05, 0) is 37.0 Å². The van der Waals surface area contributed by atoms with E-state index >= 15 is 0 Å². The van der Waals surface area contributed by atoms with Gasteiger partial charge in [0, 0.05) is 16.6 Å². The summed E-state index contributed by atoms with van der Waals surface area (Å²) in [7, 11) is 0. The van der Waals surface area contributed by atoms with E-state index in [4.69, 9.17) is 23.2 Å². The summed E-state index contributed by atoms with van der Waals surface area (Å²) in [5.41, 5.74) is 1.03. The summed E-state index contributed by atoms with van der Waals surface area (Å²) in [6.07, 6.45) is 2.43. The van der Waals surface area contributed by atoms with E-state index in [0.29, 0.717) is 16.6 Å². The second kappa shape index (κ2) is 6.26. The zero-order valence-corrected chi connectivity index (χ0v) is 11.8. The second-order valence-electron chi connectivity index (χ2n) is 4.40. The van der Waals surface area contributed by atoms with Crippen molar-refractivity contribution in [3.05, 3.63) is 33.8 Å². The average Bonchev–Trinajstić information content (AvgIpc) is 2.68. The minimum Gasteiger partial charge on any atom is -0.329 e. The Labute approximate surface area is 121 Å². The van der Waals surface area contributed by atoms with Gasteiger partial charge in [0.1, 0.15) is 0 Å². The van der Waals surface area contributed by atoms with Gasteiger partial charge in [0.15, 0.2) is 0 Å². The number of imide groups is 1. The molecule has 1 saturated heterocycles. The fourth-order valence-corrected chi connectivity index (χ4v) is 2.49. The Morgan fingerprint density at radius 2 is 2.00 bits per heavy atom. The lowest BCUT2D eigenvalue weighted by atomic mass is 10.1. The lowest BCUT2D eigenvalue weighted by Crippen LogP contribution is -2.31. The van der Waals surface area contributed by atoms with Crippen molar-refractivity contribution in [3.8, 4) is 0 Å². The molecular formula is C13H14Cl2N2O2. The van der Waals surface area contributed by atoms with E-state index in [9.17, 15) is 9.59 Å². The molecule has 0 spiro atoms. The van der Waals surface area contributed by atoms with Crippen LogP contribution in [0.5, 0.6) is 0 Å². The highest BCUT2D eigenvalue weighted by Crippen LogP contribution is 2.22. The van der Waals surface area contributed by atoms with Crippen LogP contribution in [0.25, 0.3) is 0 Å². The molecule has 4 nitrogen and oxygen atoms in total. The summed E-state index contributed by atoms with van der Waals surface area (Å²) in [6, 6.07) is 5.13. The first-order valence-electron chi connectivity index (χ1n) is 6.10. The molecule has 0 bridgehead atoms. The number of aryl methyl sites for hydroxylation is 1. The fraction of sp³-hybridized carbons (Fsp3) is 0.385. The SMILES string of the molecule is O=C1CNC(=O)N1CCCCc1ccc(Cl)cc1Cl. The molecule has 6 heteroatoms. The van der Waals surface area contributed by atoms with Gasteiger partial charge in [-0.25, -0.2) is 4.79 Å². The first-order chi connectivity index (χ1) is 9.08. The molecule has 0 aromatic heterocycles. The molecule has 0 unspecified atom stereocenters. The molecular weight excluding hydrogens is 287 g/mol. The van der Waals surface area contributed by atoms with Crippen LogP contribution < -0.4 is 5.32 Å². The third-order valence-electron chi connectivity index (χ3n) is 3.03. The second-order valence-corrected chi connectivity index (χ2v) is 5.24. The maximum atomic E-state index is 11.3. The van der Waals surface area contributed by atoms with Gasteiger partial charge >= 0.3 is 6.03 Å². The molecule has 0 atom stereocenters. The van der Waals surface area contributed by atoms with E-state index in [2.05, 4.69) is 5.32 Å². The van der Waals surface area contributed by atoms with Gasteiger partial charge < -0.3 is 5.32 Å². The van der Waals surface area contributed by atoms with Crippen LogP contribution in [0.1, 0.15) is 18.4 Å². The van der Waals surface area contributed by atoms with Crippen molar-refractivity contribution in [2.75, 3.05) is 13.1 Å². The molecule has 1 aliphatic heterocycles. The van der Waals surface area contributed by atoms with Crippen LogP contribution in [-0.2, 0) is 11.2 Å². The van der Waals surface area contributed by atoms with Crippen molar-refractivity contribution in [1.29, 1.82) is 0 Å². The maximum absolute atomic E-state index is 11.3. The molecule has 0 saturated carbocycles. The van der Waals surface area contributed by atoms with E-state index in [1.54, 1.807) is 12.1 Å². The summed E-state index contributed by atoms with van der Waals surface area (Å²) >= 11 is 11.9. The molecule has 0 aliphatic carbocycles. The lowest BCUT2D eigenvalue weighted by Gasteiger charge is -2.12. The molecule has 1 heterocycles. The number of hydrogen-bond donors (Lipinski definition) is 1. The molecule has 1 aromatic rings. The number of urea groups is 1. The van der Waals surface area contributed by atoms with E-state index in [1.165, 1.54) is 4.90 Å². The lowest BCUT2D eigenvalue weighted by molar-refractivity contribution is -0.125. The highest BCUT2D eigenvalue weighted by Gasteiger charge is 2.27. The Morgan fingerprint density at radius 3 is 2.63 bits per heavy atom. The fourth-order valence-electron chi connectivity index (χ4n) is 1.99. The van der Waals surface area contributed by atoms with Crippen LogP contribution in [0.15, 0.2) is 18.2 Å². The van der Waals surface area contributed by atoms with Crippen molar-refractivity contribution >= 4 is 35.1 Å². The standard InChI is InChI=1S/C13H14Cl2N2O2/c14-10-5-4-9(11(15)7-10)3-1-2-6-17-12(18)8-16-13(17)19/h4-5,7H,1-3,6,8H2,(H,16,19). The number of benzene rings is 1. The predicted molar refractivity (Wildman–Crippen MR) is 74.5 cm³/mol. The number of unbranched alkanes of at least 4 members (excludes halogenated alkanes) is 1. The molecule has 1 N–H and O–H groups in total. The summed E-state index contributed by atoms with van der Waals surface area (Å²) in [5, 5.41) is 3.77. The van der Waals surface area contributed by atoms with E-state index < -0.39 is 0 Å². The summed E-state index contributed by atoms with van der Waals surface area (Å²) in [6.45, 7) is 0.567. The summed E-state index contributed by atoms with van der Waals surface area (Å²) in [5.74, 6) is -0.158. The number of halogens is 2. The molecule has 0 radical (unpaired) electrons. The van der Waals surface area contributed by atoms with E-state index in [0.717, 1.165) is 24.8 Å². The van der Waals surface area contributed by atoms with Gasteiger partial charge in [0.05, 0.1) is 6.54 Å². The van der Waals surface area contributed by atoms with Gasteiger partial charge in [-0.15, -0.1) is 0 Å². The van der Waals surface area contributed by atoms with E-state index in [-0.39, 0.29) is 18.5 Å². The first-order valence-corrected chi connectivity index (χ1v) is 6.85. The first kappa shape index (κ1) is 14.2. The smallest absolute Gasteiger partial charge is 0.324 e. The zero-order valence-electron chi connectivity index (χ0n) is 10.3.